The van der Waals surface area contributed by atoms with Crippen LogP contribution in [0, 0.1) is 0 Å². The minimum atomic E-state index is 0.641. The van der Waals surface area contributed by atoms with E-state index in [0.29, 0.717) is 17.5 Å². The van der Waals surface area contributed by atoms with Gasteiger partial charge < -0.3 is 0 Å². The quantitative estimate of drug-likeness (QED) is 0.166. The fourth-order valence-electron chi connectivity index (χ4n) is 7.94. The first-order chi connectivity index (χ1) is 27.2. The average molecular weight is 718 g/mol. The second kappa shape index (κ2) is 12.8. The van der Waals surface area contributed by atoms with Crippen LogP contribution in [0.5, 0.6) is 0 Å². The molecule has 0 radical (unpaired) electrons. The minimum Gasteiger partial charge on any atom is -0.208 e. The highest BCUT2D eigenvalue weighted by atomic mass is 32.1. The van der Waals surface area contributed by atoms with Crippen molar-refractivity contribution in [3.8, 4) is 56.4 Å². The molecule has 11 aromatic rings. The molecule has 0 bridgehead atoms. The van der Waals surface area contributed by atoms with Crippen molar-refractivity contribution in [2.24, 2.45) is 0 Å². The Kier molecular flexibility index (Phi) is 7.35. The number of thiophene rings is 1. The first-order valence-electron chi connectivity index (χ1n) is 18.5. The van der Waals surface area contributed by atoms with Gasteiger partial charge in [-0.05, 0) is 79.5 Å². The van der Waals surface area contributed by atoms with E-state index >= 15 is 0 Å². The third-order valence-electron chi connectivity index (χ3n) is 10.7. The Balaban J connectivity index is 1.09. The highest BCUT2D eigenvalue weighted by Crippen LogP contribution is 2.38. The van der Waals surface area contributed by atoms with Crippen molar-refractivity contribution < 1.29 is 0 Å². The van der Waals surface area contributed by atoms with Crippen molar-refractivity contribution in [2.75, 3.05) is 0 Å². The van der Waals surface area contributed by atoms with Gasteiger partial charge in [-0.1, -0.05) is 158 Å². The third kappa shape index (κ3) is 5.54. The molecule has 9 aromatic carbocycles. The fraction of sp³-hybridized carbons (Fsp3) is 0. The number of hydrogen-bond acceptors (Lipinski definition) is 4. The van der Waals surface area contributed by atoms with E-state index in [-0.39, 0.29) is 0 Å². The monoisotopic (exact) mass is 717 g/mol. The zero-order valence-corrected chi connectivity index (χ0v) is 30.5. The maximum absolute atomic E-state index is 5.26. The zero-order chi connectivity index (χ0) is 36.3. The molecule has 0 atom stereocenters. The lowest BCUT2D eigenvalue weighted by molar-refractivity contribution is 1.08. The van der Waals surface area contributed by atoms with E-state index < -0.39 is 0 Å². The predicted molar refractivity (Wildman–Crippen MR) is 232 cm³/mol. The predicted octanol–water partition coefficient (Wildman–Crippen LogP) is 14.0. The first-order valence-corrected chi connectivity index (χ1v) is 19.3. The maximum Gasteiger partial charge on any atom is 0.164 e. The molecule has 0 aliphatic rings. The molecule has 0 N–H and O–H groups in total. The molecule has 0 aliphatic heterocycles. The highest BCUT2D eigenvalue weighted by Gasteiger charge is 2.17. The summed E-state index contributed by atoms with van der Waals surface area (Å²) < 4.78 is 2.49. The number of hydrogen-bond donors (Lipinski definition) is 0. The zero-order valence-electron chi connectivity index (χ0n) is 29.6. The summed E-state index contributed by atoms with van der Waals surface area (Å²) in [4.78, 5) is 15.7. The van der Waals surface area contributed by atoms with Gasteiger partial charge in [-0.15, -0.1) is 11.3 Å². The van der Waals surface area contributed by atoms with E-state index in [1.54, 1.807) is 11.3 Å². The van der Waals surface area contributed by atoms with Gasteiger partial charge in [-0.25, -0.2) is 15.0 Å². The molecule has 0 saturated carbocycles. The molecular weight excluding hydrogens is 687 g/mol. The molecular formula is C51H31N3S. The second-order valence-electron chi connectivity index (χ2n) is 14.0. The lowest BCUT2D eigenvalue weighted by atomic mass is 9.96. The normalized spacial score (nSPS) is 11.6. The van der Waals surface area contributed by atoms with Crippen molar-refractivity contribution in [1.82, 2.24) is 15.0 Å². The molecule has 0 fully saturated rings. The summed E-state index contributed by atoms with van der Waals surface area (Å²) in [5.41, 5.74) is 7.56. The number of rotatable bonds is 5. The molecule has 0 unspecified atom stereocenters. The topological polar surface area (TPSA) is 38.7 Å². The van der Waals surface area contributed by atoms with Crippen LogP contribution in [0.25, 0.3) is 109 Å². The van der Waals surface area contributed by atoms with Crippen LogP contribution < -0.4 is 0 Å². The summed E-state index contributed by atoms with van der Waals surface area (Å²) in [6.45, 7) is 0. The summed E-state index contributed by atoms with van der Waals surface area (Å²) in [7, 11) is 0. The fourth-order valence-corrected chi connectivity index (χ4v) is 9.08. The number of aromatic nitrogens is 3. The van der Waals surface area contributed by atoms with Gasteiger partial charge in [0.1, 0.15) is 0 Å². The summed E-state index contributed by atoms with van der Waals surface area (Å²) in [6.07, 6.45) is 0. The van der Waals surface area contributed by atoms with Crippen LogP contribution in [0.3, 0.4) is 0 Å². The highest BCUT2D eigenvalue weighted by molar-refractivity contribution is 7.25. The van der Waals surface area contributed by atoms with E-state index in [9.17, 15) is 0 Å². The lowest BCUT2D eigenvalue weighted by Gasteiger charge is -2.13. The summed E-state index contributed by atoms with van der Waals surface area (Å²) >= 11 is 1.80. The molecule has 0 aliphatic carbocycles. The van der Waals surface area contributed by atoms with Gasteiger partial charge in [0.25, 0.3) is 0 Å². The maximum atomic E-state index is 5.26. The van der Waals surface area contributed by atoms with E-state index in [4.69, 9.17) is 15.0 Å². The van der Waals surface area contributed by atoms with Gasteiger partial charge in [0, 0.05) is 42.2 Å². The molecule has 11 rings (SSSR count). The van der Waals surface area contributed by atoms with Crippen LogP contribution in [0.15, 0.2) is 188 Å². The van der Waals surface area contributed by atoms with Crippen LogP contribution in [0.4, 0.5) is 0 Å². The van der Waals surface area contributed by atoms with E-state index in [0.717, 1.165) is 38.6 Å². The van der Waals surface area contributed by atoms with E-state index in [2.05, 4.69) is 188 Å². The number of nitrogens with zero attached hydrogens (tertiary/aromatic N) is 3. The molecule has 256 valence electrons. The average Bonchev–Trinajstić information content (AvgIpc) is 3.64. The van der Waals surface area contributed by atoms with E-state index in [1.807, 2.05) is 0 Å². The Morgan fingerprint density at radius 3 is 1.71 bits per heavy atom. The van der Waals surface area contributed by atoms with Gasteiger partial charge in [-0.3, -0.25) is 0 Å². The largest absolute Gasteiger partial charge is 0.208 e. The van der Waals surface area contributed by atoms with Crippen LogP contribution in [-0.4, -0.2) is 15.0 Å². The van der Waals surface area contributed by atoms with Gasteiger partial charge in [0.05, 0.1) is 0 Å². The van der Waals surface area contributed by atoms with E-state index in [1.165, 1.54) is 52.8 Å². The Bertz CT molecular complexity index is 3270. The molecule has 4 heteroatoms. The van der Waals surface area contributed by atoms with Gasteiger partial charge >= 0.3 is 0 Å². The smallest absolute Gasteiger partial charge is 0.164 e. The molecule has 0 amide bonds. The summed E-state index contributed by atoms with van der Waals surface area (Å²) in [6, 6.07) is 67.0. The summed E-state index contributed by atoms with van der Waals surface area (Å²) in [5.74, 6) is 1.95. The molecule has 0 spiro atoms. The van der Waals surface area contributed by atoms with Crippen LogP contribution in [0.1, 0.15) is 0 Å². The lowest BCUT2D eigenvalue weighted by Crippen LogP contribution is -2.01. The Hall–Kier alpha value is -7.01. The van der Waals surface area contributed by atoms with Crippen molar-refractivity contribution in [1.29, 1.82) is 0 Å². The Labute approximate surface area is 321 Å². The SMILES string of the molecule is c1ccc(-c2ccc3ccc(-c4cccc(-c5nc(-c6ccc7c(c6)sc6ccccc67)nc(-c6cccc7ccc8ccccc8c67)n5)c4)cc3c2)cc1. The van der Waals surface area contributed by atoms with Crippen LogP contribution in [-0.2, 0) is 0 Å². The molecule has 2 aromatic heterocycles. The molecule has 3 nitrogen and oxygen atoms in total. The molecule has 55 heavy (non-hydrogen) atoms. The number of benzene rings is 9. The van der Waals surface area contributed by atoms with Crippen LogP contribution >= 0.6 is 11.3 Å². The Morgan fingerprint density at radius 2 is 0.855 bits per heavy atom. The first kappa shape index (κ1) is 31.5. The van der Waals surface area contributed by atoms with Crippen molar-refractivity contribution >= 4 is 63.8 Å². The minimum absolute atomic E-state index is 0.641. The number of fused-ring (bicyclic) bond motifs is 7. The van der Waals surface area contributed by atoms with Gasteiger partial charge in [0.15, 0.2) is 17.5 Å². The Morgan fingerprint density at radius 1 is 0.291 bits per heavy atom. The summed E-state index contributed by atoms with van der Waals surface area (Å²) in [5, 5.41) is 9.60. The molecule has 0 saturated heterocycles. The van der Waals surface area contributed by atoms with Crippen molar-refractivity contribution in [3.63, 3.8) is 0 Å². The molecule has 2 heterocycles. The van der Waals surface area contributed by atoms with Gasteiger partial charge in [-0.2, -0.15) is 0 Å². The second-order valence-corrected chi connectivity index (χ2v) is 15.1. The van der Waals surface area contributed by atoms with Crippen molar-refractivity contribution in [3.05, 3.63) is 188 Å². The van der Waals surface area contributed by atoms with Gasteiger partial charge in [0.2, 0.25) is 0 Å². The third-order valence-corrected chi connectivity index (χ3v) is 11.8. The standard InChI is InChI=1S/C51H31N3S/c1-2-10-32(11-3-1)37-24-20-33-21-25-38(30-41(33)29-37)36-14-8-15-39(28-36)49-52-50(40-26-27-44-43-17-6-7-19-46(43)55-47(44)31-40)54-51(53-49)45-18-9-13-35-23-22-34-12-4-5-16-42(34)48(35)45/h1-31H. The van der Waals surface area contributed by atoms with Crippen LogP contribution in [0.2, 0.25) is 0 Å². The van der Waals surface area contributed by atoms with Crippen molar-refractivity contribution in [2.45, 2.75) is 0 Å².